The summed E-state index contributed by atoms with van der Waals surface area (Å²) in [4.78, 5) is 25.4. The number of hydrogen-bond donors (Lipinski definition) is 1. The van der Waals surface area contributed by atoms with Gasteiger partial charge in [-0.1, -0.05) is 6.07 Å². The maximum Gasteiger partial charge on any atom is 0.409 e. The number of rotatable bonds is 6. The number of ether oxygens (including phenoxy) is 1. The van der Waals surface area contributed by atoms with E-state index < -0.39 is 0 Å². The lowest BCUT2D eigenvalue weighted by molar-refractivity contribution is -0.120. The summed E-state index contributed by atoms with van der Waals surface area (Å²) in [5.74, 6) is 0.0291. The molecule has 0 bridgehead atoms. The summed E-state index contributed by atoms with van der Waals surface area (Å²) in [7, 11) is 0. The smallest absolute Gasteiger partial charge is 0.409 e. The monoisotopic (exact) mass is 268 g/mol. The normalized spacial score (nSPS) is 14.7. The molecule has 1 aromatic heterocycles. The first kappa shape index (κ1) is 12.9. The van der Waals surface area contributed by atoms with Crippen molar-refractivity contribution in [3.8, 4) is 0 Å². The molecule has 0 saturated carbocycles. The molecule has 0 spiro atoms. The lowest BCUT2D eigenvalue weighted by atomic mass is 10.3. The van der Waals surface area contributed by atoms with Crippen LogP contribution in [-0.4, -0.2) is 43.1 Å². The van der Waals surface area contributed by atoms with Crippen LogP contribution >= 0.6 is 11.3 Å². The molecule has 0 aromatic carbocycles. The van der Waals surface area contributed by atoms with Gasteiger partial charge in [0.15, 0.2) is 0 Å². The summed E-state index contributed by atoms with van der Waals surface area (Å²) >= 11 is 1.58. The van der Waals surface area contributed by atoms with Crippen LogP contribution in [0.3, 0.4) is 0 Å². The third-order valence-electron chi connectivity index (χ3n) is 2.69. The van der Waals surface area contributed by atoms with Crippen LogP contribution in [0.1, 0.15) is 11.3 Å². The van der Waals surface area contributed by atoms with E-state index in [4.69, 9.17) is 4.74 Å². The Balaban J connectivity index is 1.57. The first-order valence-electron chi connectivity index (χ1n) is 5.96. The van der Waals surface area contributed by atoms with E-state index in [0.717, 1.165) is 11.3 Å². The number of carbonyl (C=O) groups excluding carboxylic acids is 2. The molecule has 98 valence electrons. The Morgan fingerprint density at radius 3 is 3.11 bits per heavy atom. The van der Waals surface area contributed by atoms with Crippen LogP contribution in [0.5, 0.6) is 0 Å². The fourth-order valence-electron chi connectivity index (χ4n) is 1.76. The largest absolute Gasteiger partial charge is 0.448 e. The molecule has 1 aromatic rings. The standard InChI is InChI=1S/C12H16N2O3S/c15-11(9-10-3-1-8-18-10)13-4-2-5-14-6-7-17-12(14)16/h1,3,8H,2,4-7,9H2,(H,13,15). The van der Waals surface area contributed by atoms with Crippen molar-refractivity contribution >= 4 is 23.3 Å². The van der Waals surface area contributed by atoms with E-state index in [9.17, 15) is 9.59 Å². The van der Waals surface area contributed by atoms with E-state index in [-0.39, 0.29) is 12.0 Å². The van der Waals surface area contributed by atoms with Gasteiger partial charge in [-0.2, -0.15) is 0 Å². The fourth-order valence-corrected chi connectivity index (χ4v) is 2.46. The average molecular weight is 268 g/mol. The second kappa shape index (κ2) is 6.39. The molecule has 1 aliphatic rings. The molecule has 0 unspecified atom stereocenters. The number of thiophene rings is 1. The van der Waals surface area contributed by atoms with Crippen molar-refractivity contribution in [2.24, 2.45) is 0 Å². The second-order valence-corrected chi connectivity index (χ2v) is 5.09. The van der Waals surface area contributed by atoms with Crippen LogP contribution in [0.4, 0.5) is 4.79 Å². The molecular weight excluding hydrogens is 252 g/mol. The molecule has 1 fully saturated rings. The molecule has 2 amide bonds. The van der Waals surface area contributed by atoms with E-state index in [2.05, 4.69) is 5.32 Å². The zero-order valence-electron chi connectivity index (χ0n) is 10.1. The molecule has 6 heteroatoms. The number of hydrogen-bond acceptors (Lipinski definition) is 4. The van der Waals surface area contributed by atoms with Crippen molar-refractivity contribution < 1.29 is 14.3 Å². The van der Waals surface area contributed by atoms with E-state index in [1.54, 1.807) is 16.2 Å². The van der Waals surface area contributed by atoms with Gasteiger partial charge in [0, 0.05) is 18.0 Å². The minimum Gasteiger partial charge on any atom is -0.448 e. The molecule has 0 aliphatic carbocycles. The third-order valence-corrected chi connectivity index (χ3v) is 3.56. The maximum absolute atomic E-state index is 11.6. The zero-order valence-corrected chi connectivity index (χ0v) is 10.9. The molecule has 1 N–H and O–H groups in total. The van der Waals surface area contributed by atoms with Crippen LogP contribution in [-0.2, 0) is 16.0 Å². The SMILES string of the molecule is O=C(Cc1cccs1)NCCCN1CCOC1=O. The van der Waals surface area contributed by atoms with Crippen molar-refractivity contribution in [3.05, 3.63) is 22.4 Å². The summed E-state index contributed by atoms with van der Waals surface area (Å²) < 4.78 is 4.81. The Hall–Kier alpha value is -1.56. The molecule has 0 atom stereocenters. The predicted molar refractivity (Wildman–Crippen MR) is 68.6 cm³/mol. The number of nitrogens with zero attached hydrogens (tertiary/aromatic N) is 1. The second-order valence-electron chi connectivity index (χ2n) is 4.06. The first-order valence-corrected chi connectivity index (χ1v) is 6.84. The third kappa shape index (κ3) is 3.73. The van der Waals surface area contributed by atoms with Crippen LogP contribution in [0.15, 0.2) is 17.5 Å². The van der Waals surface area contributed by atoms with Crippen molar-refractivity contribution in [1.29, 1.82) is 0 Å². The average Bonchev–Trinajstić information content (AvgIpc) is 2.97. The van der Waals surface area contributed by atoms with Crippen LogP contribution in [0.25, 0.3) is 0 Å². The number of cyclic esters (lactones) is 1. The van der Waals surface area contributed by atoms with Crippen LogP contribution < -0.4 is 5.32 Å². The molecule has 2 rings (SSSR count). The van der Waals surface area contributed by atoms with E-state index >= 15 is 0 Å². The van der Waals surface area contributed by atoms with Gasteiger partial charge >= 0.3 is 6.09 Å². The summed E-state index contributed by atoms with van der Waals surface area (Å²) in [6, 6.07) is 3.89. The molecule has 5 nitrogen and oxygen atoms in total. The molecule has 1 saturated heterocycles. The molecular formula is C12H16N2O3S. The zero-order chi connectivity index (χ0) is 12.8. The topological polar surface area (TPSA) is 58.6 Å². The van der Waals surface area contributed by atoms with E-state index in [0.29, 0.717) is 32.7 Å². The van der Waals surface area contributed by atoms with Gasteiger partial charge in [-0.15, -0.1) is 11.3 Å². The Labute approximate surface area is 110 Å². The Morgan fingerprint density at radius 1 is 1.56 bits per heavy atom. The van der Waals surface area contributed by atoms with E-state index in [1.165, 1.54) is 0 Å². The summed E-state index contributed by atoms with van der Waals surface area (Å²) in [5.41, 5.74) is 0. The lowest BCUT2D eigenvalue weighted by Gasteiger charge is -2.12. The van der Waals surface area contributed by atoms with Gasteiger partial charge < -0.3 is 15.0 Å². The van der Waals surface area contributed by atoms with Crippen molar-refractivity contribution in [1.82, 2.24) is 10.2 Å². The Kier molecular flexibility index (Phi) is 4.58. The molecule has 1 aliphatic heterocycles. The summed E-state index contributed by atoms with van der Waals surface area (Å²) in [6.07, 6.45) is 0.939. The van der Waals surface area contributed by atoms with Gasteiger partial charge in [0.1, 0.15) is 6.61 Å². The van der Waals surface area contributed by atoms with Crippen LogP contribution in [0.2, 0.25) is 0 Å². The predicted octanol–water partition coefficient (Wildman–Crippen LogP) is 1.25. The highest BCUT2D eigenvalue weighted by molar-refractivity contribution is 7.10. The van der Waals surface area contributed by atoms with Gasteiger partial charge in [0.05, 0.1) is 13.0 Å². The number of nitrogens with one attached hydrogen (secondary N) is 1. The van der Waals surface area contributed by atoms with Crippen molar-refractivity contribution in [2.45, 2.75) is 12.8 Å². The maximum atomic E-state index is 11.6. The van der Waals surface area contributed by atoms with Gasteiger partial charge in [-0.25, -0.2) is 4.79 Å². The van der Waals surface area contributed by atoms with Gasteiger partial charge in [-0.05, 0) is 17.9 Å². The first-order chi connectivity index (χ1) is 8.75. The van der Waals surface area contributed by atoms with Crippen molar-refractivity contribution in [2.75, 3.05) is 26.2 Å². The lowest BCUT2D eigenvalue weighted by Crippen LogP contribution is -2.31. The van der Waals surface area contributed by atoms with Gasteiger partial charge in [0.2, 0.25) is 5.91 Å². The van der Waals surface area contributed by atoms with E-state index in [1.807, 2.05) is 17.5 Å². The summed E-state index contributed by atoms with van der Waals surface area (Å²) in [5, 5.41) is 4.81. The van der Waals surface area contributed by atoms with Crippen molar-refractivity contribution in [3.63, 3.8) is 0 Å². The highest BCUT2D eigenvalue weighted by Crippen LogP contribution is 2.08. The summed E-state index contributed by atoms with van der Waals surface area (Å²) in [6.45, 7) is 2.36. The highest BCUT2D eigenvalue weighted by Gasteiger charge is 2.20. The quantitative estimate of drug-likeness (QED) is 0.790. The van der Waals surface area contributed by atoms with Crippen LogP contribution in [0, 0.1) is 0 Å². The minimum absolute atomic E-state index is 0.0291. The molecule has 2 heterocycles. The van der Waals surface area contributed by atoms with Gasteiger partial charge in [0.25, 0.3) is 0 Å². The Bertz CT molecular complexity index is 405. The fraction of sp³-hybridized carbons (Fsp3) is 0.500. The Morgan fingerprint density at radius 2 is 2.44 bits per heavy atom. The minimum atomic E-state index is -0.250. The molecule has 18 heavy (non-hydrogen) atoms. The number of amides is 2. The highest BCUT2D eigenvalue weighted by atomic mass is 32.1. The number of carbonyl (C=O) groups is 2. The van der Waals surface area contributed by atoms with Gasteiger partial charge in [-0.3, -0.25) is 4.79 Å². The molecule has 0 radical (unpaired) electrons.